The minimum Gasteiger partial charge on any atom is -0.494 e. The van der Waals surface area contributed by atoms with Crippen molar-refractivity contribution in [1.82, 2.24) is 10.2 Å². The molecule has 0 aromatic heterocycles. The molecule has 4 nitrogen and oxygen atoms in total. The van der Waals surface area contributed by atoms with Crippen molar-refractivity contribution >= 4 is 5.91 Å². The van der Waals surface area contributed by atoms with Gasteiger partial charge in [0.1, 0.15) is 0 Å². The average molecular weight is 294 g/mol. The molecule has 1 aliphatic rings. The summed E-state index contributed by atoms with van der Waals surface area (Å²) in [4.78, 5) is 14.6. The van der Waals surface area contributed by atoms with E-state index in [0.717, 1.165) is 32.4 Å². The monoisotopic (exact) mass is 294 g/mol. The number of nitrogens with one attached hydrogen (secondary N) is 1. The van der Waals surface area contributed by atoms with Crippen LogP contribution >= 0.6 is 0 Å². The van der Waals surface area contributed by atoms with Crippen molar-refractivity contribution in [2.45, 2.75) is 32.2 Å². The first-order valence-corrected chi connectivity index (χ1v) is 7.52. The molecule has 1 N–H and O–H groups in total. The Morgan fingerprint density at radius 1 is 1.43 bits per heavy atom. The summed E-state index contributed by atoms with van der Waals surface area (Å²) < 4.78 is 18.7. The number of hydrogen-bond acceptors (Lipinski definition) is 3. The smallest absolute Gasteiger partial charge is 0.254 e. The number of halogens is 1. The number of hydrogen-bond donors (Lipinski definition) is 1. The third-order valence-corrected chi connectivity index (χ3v) is 3.87. The molecule has 116 valence electrons. The van der Waals surface area contributed by atoms with Crippen LogP contribution in [0.2, 0.25) is 0 Å². The van der Waals surface area contributed by atoms with Gasteiger partial charge in [0.15, 0.2) is 11.6 Å². The number of piperidine rings is 1. The van der Waals surface area contributed by atoms with Crippen LogP contribution in [0.4, 0.5) is 4.39 Å². The Labute approximate surface area is 125 Å². The van der Waals surface area contributed by atoms with Crippen LogP contribution in [0.15, 0.2) is 18.2 Å². The van der Waals surface area contributed by atoms with Gasteiger partial charge in [-0.15, -0.1) is 0 Å². The summed E-state index contributed by atoms with van der Waals surface area (Å²) in [6, 6.07) is 4.65. The van der Waals surface area contributed by atoms with Crippen LogP contribution in [0.5, 0.6) is 5.75 Å². The van der Waals surface area contributed by atoms with Gasteiger partial charge in [-0.2, -0.15) is 0 Å². The zero-order chi connectivity index (χ0) is 15.2. The minimum atomic E-state index is -0.495. The molecule has 0 spiro atoms. The quantitative estimate of drug-likeness (QED) is 0.907. The number of nitrogens with zero attached hydrogens (tertiary/aromatic N) is 1. The Kier molecular flexibility index (Phi) is 5.56. The number of carbonyl (C=O) groups is 1. The second-order valence-electron chi connectivity index (χ2n) is 5.33. The molecule has 1 aliphatic heterocycles. The molecule has 5 heteroatoms. The average Bonchev–Trinajstić information content (AvgIpc) is 2.52. The Bertz CT molecular complexity index is 487. The second-order valence-corrected chi connectivity index (χ2v) is 5.33. The summed E-state index contributed by atoms with van der Waals surface area (Å²) >= 11 is 0. The minimum absolute atomic E-state index is 0.0923. The molecule has 1 aromatic rings. The zero-order valence-electron chi connectivity index (χ0n) is 12.7. The van der Waals surface area contributed by atoms with Gasteiger partial charge in [0.05, 0.1) is 7.11 Å². The third kappa shape index (κ3) is 3.73. The van der Waals surface area contributed by atoms with Crippen LogP contribution in [-0.2, 0) is 0 Å². The Morgan fingerprint density at radius 2 is 2.14 bits per heavy atom. The van der Waals surface area contributed by atoms with Crippen LogP contribution < -0.4 is 10.1 Å². The SMILES string of the molecule is CCCN(C(=O)c1ccc(OC)c(F)c1)C1CCNCC1. The summed E-state index contributed by atoms with van der Waals surface area (Å²) in [5.41, 5.74) is 0.389. The molecule has 0 aliphatic carbocycles. The zero-order valence-corrected chi connectivity index (χ0v) is 12.7. The standard InChI is InChI=1S/C16H23FN2O2/c1-3-10-19(13-6-8-18-9-7-13)16(20)12-4-5-15(21-2)14(17)11-12/h4-5,11,13,18H,3,6-10H2,1-2H3. The fourth-order valence-corrected chi connectivity index (χ4v) is 2.77. The fraction of sp³-hybridized carbons (Fsp3) is 0.562. The molecular formula is C16H23FN2O2. The van der Waals surface area contributed by atoms with Gasteiger partial charge >= 0.3 is 0 Å². The third-order valence-electron chi connectivity index (χ3n) is 3.87. The molecule has 21 heavy (non-hydrogen) atoms. The van der Waals surface area contributed by atoms with E-state index in [2.05, 4.69) is 12.2 Å². The summed E-state index contributed by atoms with van der Waals surface area (Å²) in [6.45, 7) is 4.61. The van der Waals surface area contributed by atoms with Crippen LogP contribution in [0.25, 0.3) is 0 Å². The summed E-state index contributed by atoms with van der Waals surface area (Å²) in [5.74, 6) is -0.425. The maximum Gasteiger partial charge on any atom is 0.254 e. The van der Waals surface area contributed by atoms with Gasteiger partial charge in [-0.05, 0) is 50.6 Å². The highest BCUT2D eigenvalue weighted by atomic mass is 19.1. The largest absolute Gasteiger partial charge is 0.494 e. The lowest BCUT2D eigenvalue weighted by atomic mass is 10.0. The van der Waals surface area contributed by atoms with Gasteiger partial charge < -0.3 is 15.0 Å². The van der Waals surface area contributed by atoms with Crippen LogP contribution in [0.3, 0.4) is 0 Å². The number of carbonyl (C=O) groups excluding carboxylic acids is 1. The van der Waals surface area contributed by atoms with E-state index >= 15 is 0 Å². The molecule has 1 amide bonds. The Hall–Kier alpha value is -1.62. The van der Waals surface area contributed by atoms with Crippen molar-refractivity contribution in [2.75, 3.05) is 26.7 Å². The number of amides is 1. The first kappa shape index (κ1) is 15.8. The first-order chi connectivity index (χ1) is 10.2. The number of ether oxygens (including phenoxy) is 1. The topological polar surface area (TPSA) is 41.6 Å². The summed E-state index contributed by atoms with van der Waals surface area (Å²) in [5, 5.41) is 3.30. The Morgan fingerprint density at radius 3 is 2.71 bits per heavy atom. The van der Waals surface area contributed by atoms with Gasteiger partial charge in [-0.25, -0.2) is 4.39 Å². The van der Waals surface area contributed by atoms with Crippen molar-refractivity contribution in [3.8, 4) is 5.75 Å². The number of benzene rings is 1. The van der Waals surface area contributed by atoms with Gasteiger partial charge in [0.2, 0.25) is 0 Å². The molecule has 1 aromatic carbocycles. The molecule has 0 radical (unpaired) electrons. The second kappa shape index (κ2) is 7.41. The summed E-state index contributed by atoms with van der Waals surface area (Å²) in [6.07, 6.45) is 2.79. The van der Waals surface area contributed by atoms with Crippen molar-refractivity contribution in [1.29, 1.82) is 0 Å². The van der Waals surface area contributed by atoms with Gasteiger partial charge in [-0.3, -0.25) is 4.79 Å². The van der Waals surface area contributed by atoms with Gasteiger partial charge in [0.25, 0.3) is 5.91 Å². The molecule has 0 bridgehead atoms. The molecule has 2 rings (SSSR count). The van der Waals surface area contributed by atoms with Crippen LogP contribution in [-0.4, -0.2) is 43.6 Å². The summed E-state index contributed by atoms with van der Waals surface area (Å²) in [7, 11) is 1.42. The normalized spacial score (nSPS) is 15.8. The molecule has 0 saturated carbocycles. The van der Waals surface area contributed by atoms with E-state index in [0.29, 0.717) is 12.1 Å². The van der Waals surface area contributed by atoms with Crippen LogP contribution in [0.1, 0.15) is 36.5 Å². The molecule has 1 heterocycles. The number of rotatable bonds is 5. The highest BCUT2D eigenvalue weighted by Crippen LogP contribution is 2.21. The predicted octanol–water partition coefficient (Wildman–Crippen LogP) is 2.44. The van der Waals surface area contributed by atoms with E-state index in [-0.39, 0.29) is 17.7 Å². The first-order valence-electron chi connectivity index (χ1n) is 7.52. The van der Waals surface area contributed by atoms with E-state index in [1.807, 2.05) is 4.90 Å². The Balaban J connectivity index is 2.19. The van der Waals surface area contributed by atoms with Crippen LogP contribution in [0, 0.1) is 5.82 Å². The molecule has 1 fully saturated rings. The van der Waals surface area contributed by atoms with Crippen molar-refractivity contribution in [3.05, 3.63) is 29.6 Å². The molecule has 0 atom stereocenters. The lowest BCUT2D eigenvalue weighted by molar-refractivity contribution is 0.0642. The predicted molar refractivity (Wildman–Crippen MR) is 80.2 cm³/mol. The molecule has 1 saturated heterocycles. The fourth-order valence-electron chi connectivity index (χ4n) is 2.77. The molecule has 0 unspecified atom stereocenters. The maximum atomic E-state index is 13.8. The lowest BCUT2D eigenvalue weighted by Gasteiger charge is -2.34. The van der Waals surface area contributed by atoms with E-state index in [1.54, 1.807) is 6.07 Å². The molecular weight excluding hydrogens is 271 g/mol. The highest BCUT2D eigenvalue weighted by molar-refractivity contribution is 5.94. The number of methoxy groups -OCH3 is 1. The van der Waals surface area contributed by atoms with Crippen molar-refractivity contribution in [3.63, 3.8) is 0 Å². The lowest BCUT2D eigenvalue weighted by Crippen LogP contribution is -2.46. The van der Waals surface area contributed by atoms with Crippen molar-refractivity contribution < 1.29 is 13.9 Å². The van der Waals surface area contributed by atoms with E-state index in [9.17, 15) is 9.18 Å². The van der Waals surface area contributed by atoms with Gasteiger partial charge in [-0.1, -0.05) is 6.92 Å². The van der Waals surface area contributed by atoms with Gasteiger partial charge in [0, 0.05) is 18.2 Å². The highest BCUT2D eigenvalue weighted by Gasteiger charge is 2.26. The van der Waals surface area contributed by atoms with E-state index < -0.39 is 5.82 Å². The maximum absolute atomic E-state index is 13.8. The van der Waals surface area contributed by atoms with Crippen molar-refractivity contribution in [2.24, 2.45) is 0 Å². The van der Waals surface area contributed by atoms with E-state index in [4.69, 9.17) is 4.74 Å². The van der Waals surface area contributed by atoms with E-state index in [1.165, 1.54) is 19.2 Å².